The van der Waals surface area contributed by atoms with Gasteiger partial charge in [0.05, 0.1) is 4.92 Å². The fraction of sp³-hybridized carbons (Fsp3) is 0.357. The molecule has 1 aromatic rings. The number of hydrogen-bond donors (Lipinski definition) is 2. The van der Waals surface area contributed by atoms with Gasteiger partial charge in [-0.25, -0.2) is 4.79 Å². The summed E-state index contributed by atoms with van der Waals surface area (Å²) in [5, 5.41) is 14.2. The molecule has 25 heavy (non-hydrogen) atoms. The Labute approximate surface area is 148 Å². The molecule has 1 fully saturated rings. The van der Waals surface area contributed by atoms with Gasteiger partial charge in [-0.05, 0) is 17.7 Å². The average molecular weight is 368 g/mol. The topological polar surface area (TPSA) is 137 Å². The van der Waals surface area contributed by atoms with Crippen LogP contribution in [-0.2, 0) is 21.0 Å². The van der Waals surface area contributed by atoms with Crippen LogP contribution in [0, 0.1) is 10.1 Å². The van der Waals surface area contributed by atoms with Gasteiger partial charge < -0.3 is 15.3 Å². The van der Waals surface area contributed by atoms with Gasteiger partial charge in [-0.1, -0.05) is 5.16 Å². The number of primary amides is 1. The minimum absolute atomic E-state index is 0.0476. The molecule has 0 bridgehead atoms. The number of carbonyl (C=O) groups excluding carboxylic acids is 2. The number of benzene rings is 1. The molecule has 1 aromatic carbocycles. The third kappa shape index (κ3) is 5.35. The van der Waals surface area contributed by atoms with Crippen molar-refractivity contribution < 1.29 is 24.1 Å². The number of ether oxygens (including phenoxy) is 1. The molecule has 0 radical (unpaired) electrons. The fourth-order valence-corrected chi connectivity index (χ4v) is 2.40. The largest absolute Gasteiger partial charge is 0.444 e. The molecule has 134 valence electrons. The minimum Gasteiger partial charge on any atom is -0.444 e. The maximum atomic E-state index is 12.2. The number of nitro groups is 1. The number of likely N-dealkylation sites (tertiary alicyclic amines) is 1. The quantitative estimate of drug-likeness (QED) is 0.437. The number of rotatable bonds is 6. The second-order valence-corrected chi connectivity index (χ2v) is 5.92. The monoisotopic (exact) mass is 368 g/mol. The molecule has 1 heterocycles. The highest BCUT2D eigenvalue weighted by Crippen LogP contribution is 2.19. The molecule has 2 N–H and O–H groups in total. The highest BCUT2D eigenvalue weighted by atomic mass is 32.1. The van der Waals surface area contributed by atoms with Crippen LogP contribution in [-0.4, -0.2) is 46.1 Å². The number of amidine groups is 1. The van der Waals surface area contributed by atoms with Gasteiger partial charge >= 0.3 is 6.09 Å². The smallest absolute Gasteiger partial charge is 0.415 e. The third-order valence-electron chi connectivity index (χ3n) is 3.23. The van der Waals surface area contributed by atoms with Gasteiger partial charge in [-0.15, -0.1) is 0 Å². The maximum Gasteiger partial charge on any atom is 0.415 e. The normalized spacial score (nSPS) is 18.2. The van der Waals surface area contributed by atoms with Gasteiger partial charge in [0, 0.05) is 30.3 Å². The molecule has 1 aliphatic heterocycles. The highest BCUT2D eigenvalue weighted by molar-refractivity contribution is 7.81. The first-order valence-corrected chi connectivity index (χ1v) is 7.71. The Morgan fingerprint density at radius 3 is 2.68 bits per heavy atom. The van der Waals surface area contributed by atoms with Crippen LogP contribution in [0.5, 0.6) is 0 Å². The van der Waals surface area contributed by atoms with Crippen LogP contribution in [0.1, 0.15) is 12.0 Å². The predicted molar refractivity (Wildman–Crippen MR) is 90.0 cm³/mol. The number of nitrogens with two attached hydrogens (primary N) is 1. The minimum atomic E-state index is -0.683. The van der Waals surface area contributed by atoms with Gasteiger partial charge in [0.2, 0.25) is 0 Å². The Morgan fingerprint density at radius 1 is 1.40 bits per heavy atom. The lowest BCUT2D eigenvalue weighted by Gasteiger charge is -2.16. The Bertz CT molecular complexity index is 693. The zero-order valence-electron chi connectivity index (χ0n) is 13.0. The lowest BCUT2D eigenvalue weighted by molar-refractivity contribution is -0.384. The SMILES string of the molecule is NC(=O)CON=C1C[C@H](S)CN1C(=O)OCc1ccc([N+](=O)[O-])cc1. The van der Waals surface area contributed by atoms with Crippen LogP contribution in [0.15, 0.2) is 29.4 Å². The van der Waals surface area contributed by atoms with E-state index in [0.717, 1.165) is 0 Å². The molecule has 2 rings (SSSR count). The number of nitro benzene ring substituents is 1. The van der Waals surface area contributed by atoms with E-state index in [1.165, 1.54) is 29.2 Å². The third-order valence-corrected chi connectivity index (χ3v) is 3.58. The van der Waals surface area contributed by atoms with E-state index < -0.39 is 23.5 Å². The summed E-state index contributed by atoms with van der Waals surface area (Å²) in [6, 6.07) is 5.66. The molecule has 1 atom stereocenters. The van der Waals surface area contributed by atoms with Gasteiger partial charge in [0.25, 0.3) is 11.6 Å². The van der Waals surface area contributed by atoms with Gasteiger partial charge in [-0.3, -0.25) is 19.8 Å². The summed E-state index contributed by atoms with van der Waals surface area (Å²) in [4.78, 5) is 38.9. The van der Waals surface area contributed by atoms with E-state index in [2.05, 4.69) is 17.8 Å². The van der Waals surface area contributed by atoms with E-state index in [1.54, 1.807) is 0 Å². The van der Waals surface area contributed by atoms with E-state index in [-0.39, 0.29) is 29.9 Å². The number of amides is 2. The summed E-state index contributed by atoms with van der Waals surface area (Å²) in [5.41, 5.74) is 5.50. The van der Waals surface area contributed by atoms with E-state index >= 15 is 0 Å². The molecular weight excluding hydrogens is 352 g/mol. The van der Waals surface area contributed by atoms with Gasteiger partial charge in [0.1, 0.15) is 6.61 Å². The summed E-state index contributed by atoms with van der Waals surface area (Å²) < 4.78 is 5.17. The summed E-state index contributed by atoms with van der Waals surface area (Å²) in [5.74, 6) is -0.396. The number of carbonyl (C=O) groups is 2. The fourth-order valence-electron chi connectivity index (χ4n) is 2.08. The molecule has 1 aliphatic rings. The summed E-state index contributed by atoms with van der Waals surface area (Å²) in [7, 11) is 0. The van der Waals surface area contributed by atoms with Crippen molar-refractivity contribution in [2.75, 3.05) is 13.2 Å². The van der Waals surface area contributed by atoms with Crippen molar-refractivity contribution in [2.24, 2.45) is 10.9 Å². The second kappa shape index (κ2) is 8.33. The van der Waals surface area contributed by atoms with Gasteiger partial charge in [-0.2, -0.15) is 12.6 Å². The Kier molecular flexibility index (Phi) is 6.17. The standard InChI is InChI=1S/C14H16N4O6S/c15-12(19)8-24-16-13-5-11(25)6-17(13)14(20)23-7-9-1-3-10(4-2-9)18(21)22/h1-4,11,25H,5-8H2,(H2,15,19)/t11-/m0/s1. The molecule has 10 nitrogen and oxygen atoms in total. The molecular formula is C14H16N4O6S. The zero-order valence-corrected chi connectivity index (χ0v) is 13.9. The molecule has 0 spiro atoms. The van der Waals surface area contributed by atoms with E-state index in [1.807, 2.05) is 0 Å². The summed E-state index contributed by atoms with van der Waals surface area (Å²) in [6.45, 7) is -0.173. The van der Waals surface area contributed by atoms with Crippen molar-refractivity contribution in [1.82, 2.24) is 4.90 Å². The van der Waals surface area contributed by atoms with Crippen LogP contribution in [0.25, 0.3) is 0 Å². The summed E-state index contributed by atoms with van der Waals surface area (Å²) in [6.07, 6.45) is -0.287. The highest BCUT2D eigenvalue weighted by Gasteiger charge is 2.32. The molecule has 0 aliphatic carbocycles. The lowest BCUT2D eigenvalue weighted by atomic mass is 10.2. The van der Waals surface area contributed by atoms with Crippen LogP contribution < -0.4 is 5.73 Å². The van der Waals surface area contributed by atoms with Crippen molar-refractivity contribution in [2.45, 2.75) is 18.3 Å². The molecule has 2 amide bonds. The van der Waals surface area contributed by atoms with Gasteiger partial charge in [0.15, 0.2) is 12.4 Å². The van der Waals surface area contributed by atoms with E-state index in [0.29, 0.717) is 12.0 Å². The second-order valence-electron chi connectivity index (χ2n) is 5.19. The van der Waals surface area contributed by atoms with Crippen molar-refractivity contribution >= 4 is 36.2 Å². The number of nitrogens with zero attached hydrogens (tertiary/aromatic N) is 3. The molecule has 0 saturated carbocycles. The number of oxime groups is 1. The first-order valence-electron chi connectivity index (χ1n) is 7.19. The van der Waals surface area contributed by atoms with Crippen LogP contribution in [0.3, 0.4) is 0 Å². The first-order chi connectivity index (χ1) is 11.9. The summed E-state index contributed by atoms with van der Waals surface area (Å²) >= 11 is 4.30. The van der Waals surface area contributed by atoms with Crippen molar-refractivity contribution in [1.29, 1.82) is 0 Å². The lowest BCUT2D eigenvalue weighted by Crippen LogP contribution is -2.33. The maximum absolute atomic E-state index is 12.2. The van der Waals surface area contributed by atoms with Crippen molar-refractivity contribution in [3.63, 3.8) is 0 Å². The van der Waals surface area contributed by atoms with Crippen molar-refractivity contribution in [3.05, 3.63) is 39.9 Å². The van der Waals surface area contributed by atoms with E-state index in [9.17, 15) is 19.7 Å². The Hall–Kier alpha value is -2.82. The number of non-ortho nitro benzene ring substituents is 1. The number of hydrogen-bond acceptors (Lipinski definition) is 8. The average Bonchev–Trinajstić information content (AvgIpc) is 2.93. The first kappa shape index (κ1) is 18.5. The van der Waals surface area contributed by atoms with E-state index in [4.69, 9.17) is 15.3 Å². The zero-order chi connectivity index (χ0) is 18.4. The van der Waals surface area contributed by atoms with Crippen molar-refractivity contribution in [3.8, 4) is 0 Å². The number of thiol groups is 1. The predicted octanol–water partition coefficient (Wildman–Crippen LogP) is 1.05. The molecule has 0 unspecified atom stereocenters. The molecule has 11 heteroatoms. The van der Waals surface area contributed by atoms with Crippen LogP contribution in [0.2, 0.25) is 0 Å². The Balaban J connectivity index is 1.93. The molecule has 0 aromatic heterocycles. The van der Waals surface area contributed by atoms with Crippen LogP contribution >= 0.6 is 12.6 Å². The van der Waals surface area contributed by atoms with Crippen LogP contribution in [0.4, 0.5) is 10.5 Å². The molecule has 1 saturated heterocycles. The Morgan fingerprint density at radius 2 is 2.08 bits per heavy atom.